The van der Waals surface area contributed by atoms with Crippen LogP contribution in [0.3, 0.4) is 0 Å². The molecule has 0 saturated heterocycles. The second-order valence-electron chi connectivity index (χ2n) is 4.40. The predicted molar refractivity (Wildman–Crippen MR) is 82.4 cm³/mol. The summed E-state index contributed by atoms with van der Waals surface area (Å²) in [6.07, 6.45) is 0. The van der Waals surface area contributed by atoms with Crippen LogP contribution in [0.4, 0.5) is 0 Å². The minimum absolute atomic E-state index is 0.110. The van der Waals surface area contributed by atoms with E-state index in [1.807, 2.05) is 38.1 Å². The summed E-state index contributed by atoms with van der Waals surface area (Å²) >= 11 is 1.40. The SMILES string of the molecule is COc1ccccc1OCCNC(=O)c1sc(C)nc1C. The zero-order valence-corrected chi connectivity index (χ0v) is 13.1. The third-order valence-corrected chi connectivity index (χ3v) is 3.90. The topological polar surface area (TPSA) is 60.5 Å². The van der Waals surface area contributed by atoms with Crippen molar-refractivity contribution in [2.75, 3.05) is 20.3 Å². The maximum Gasteiger partial charge on any atom is 0.263 e. The number of benzene rings is 1. The van der Waals surface area contributed by atoms with E-state index < -0.39 is 0 Å². The molecule has 1 aromatic carbocycles. The van der Waals surface area contributed by atoms with Crippen LogP contribution in [0.5, 0.6) is 11.5 Å². The van der Waals surface area contributed by atoms with E-state index >= 15 is 0 Å². The summed E-state index contributed by atoms with van der Waals surface area (Å²) in [7, 11) is 1.60. The predicted octanol–water partition coefficient (Wildman–Crippen LogP) is 2.58. The van der Waals surface area contributed by atoms with Gasteiger partial charge in [-0.2, -0.15) is 0 Å². The number of aryl methyl sites for hydroxylation is 2. The molecule has 2 aromatic rings. The highest BCUT2D eigenvalue weighted by molar-refractivity contribution is 7.13. The van der Waals surface area contributed by atoms with E-state index in [9.17, 15) is 4.79 Å². The summed E-state index contributed by atoms with van der Waals surface area (Å²) in [5, 5.41) is 3.72. The van der Waals surface area contributed by atoms with Gasteiger partial charge in [-0.15, -0.1) is 11.3 Å². The Hall–Kier alpha value is -2.08. The van der Waals surface area contributed by atoms with Gasteiger partial charge in [-0.1, -0.05) is 12.1 Å². The summed E-state index contributed by atoms with van der Waals surface area (Å²) in [5.74, 6) is 1.23. The van der Waals surface area contributed by atoms with Crippen molar-refractivity contribution in [2.24, 2.45) is 0 Å². The quantitative estimate of drug-likeness (QED) is 0.833. The number of hydrogen-bond donors (Lipinski definition) is 1. The molecule has 0 spiro atoms. The summed E-state index contributed by atoms with van der Waals surface area (Å²) < 4.78 is 10.8. The highest BCUT2D eigenvalue weighted by Gasteiger charge is 2.13. The van der Waals surface area contributed by atoms with E-state index in [4.69, 9.17) is 9.47 Å². The van der Waals surface area contributed by atoms with E-state index in [0.29, 0.717) is 29.5 Å². The number of nitrogens with one attached hydrogen (secondary N) is 1. The third-order valence-electron chi connectivity index (χ3n) is 2.82. The Morgan fingerprint density at radius 2 is 2.00 bits per heavy atom. The Kier molecular flexibility index (Phi) is 5.16. The molecule has 21 heavy (non-hydrogen) atoms. The van der Waals surface area contributed by atoms with Gasteiger partial charge in [0.1, 0.15) is 11.5 Å². The second kappa shape index (κ2) is 7.08. The molecular formula is C15H18N2O3S. The number of carbonyl (C=O) groups excluding carboxylic acids is 1. The van der Waals surface area contributed by atoms with Crippen molar-refractivity contribution in [3.8, 4) is 11.5 Å². The number of ether oxygens (including phenoxy) is 2. The van der Waals surface area contributed by atoms with Gasteiger partial charge in [-0.3, -0.25) is 4.79 Å². The molecule has 0 aliphatic heterocycles. The first-order chi connectivity index (χ1) is 10.1. The fraction of sp³-hybridized carbons (Fsp3) is 0.333. The van der Waals surface area contributed by atoms with E-state index in [-0.39, 0.29) is 5.91 Å². The average Bonchev–Trinajstić information content (AvgIpc) is 2.82. The van der Waals surface area contributed by atoms with Crippen LogP contribution in [-0.2, 0) is 0 Å². The Balaban J connectivity index is 1.82. The van der Waals surface area contributed by atoms with Crippen LogP contribution in [0.25, 0.3) is 0 Å². The molecule has 112 valence electrons. The molecule has 1 aromatic heterocycles. The summed E-state index contributed by atoms with van der Waals surface area (Å²) in [5.41, 5.74) is 0.764. The fourth-order valence-corrected chi connectivity index (χ4v) is 2.72. The highest BCUT2D eigenvalue weighted by Crippen LogP contribution is 2.25. The smallest absolute Gasteiger partial charge is 0.263 e. The van der Waals surface area contributed by atoms with Crippen molar-refractivity contribution < 1.29 is 14.3 Å². The molecule has 6 heteroatoms. The molecule has 0 fully saturated rings. The van der Waals surface area contributed by atoms with Crippen LogP contribution in [0.1, 0.15) is 20.4 Å². The van der Waals surface area contributed by atoms with E-state index in [0.717, 1.165) is 10.7 Å². The first-order valence-corrected chi connectivity index (χ1v) is 7.41. The fourth-order valence-electron chi connectivity index (χ4n) is 1.89. The molecule has 2 rings (SSSR count). The molecule has 5 nitrogen and oxygen atoms in total. The maximum absolute atomic E-state index is 12.0. The summed E-state index contributed by atoms with van der Waals surface area (Å²) in [4.78, 5) is 16.9. The van der Waals surface area contributed by atoms with E-state index in [2.05, 4.69) is 10.3 Å². The number of carbonyl (C=O) groups is 1. The molecule has 1 N–H and O–H groups in total. The first kappa shape index (κ1) is 15.3. The molecule has 0 aliphatic rings. The normalized spacial score (nSPS) is 10.2. The number of nitrogens with zero attached hydrogens (tertiary/aromatic N) is 1. The lowest BCUT2D eigenvalue weighted by atomic mass is 10.3. The van der Waals surface area contributed by atoms with Crippen molar-refractivity contribution in [3.05, 3.63) is 39.8 Å². The summed E-state index contributed by atoms with van der Waals surface area (Å²) in [6, 6.07) is 7.41. The van der Waals surface area contributed by atoms with E-state index in [1.165, 1.54) is 11.3 Å². The van der Waals surface area contributed by atoms with Gasteiger partial charge in [-0.05, 0) is 26.0 Å². The Bertz CT molecular complexity index is 625. The number of methoxy groups -OCH3 is 1. The molecule has 0 radical (unpaired) electrons. The first-order valence-electron chi connectivity index (χ1n) is 6.60. The zero-order valence-electron chi connectivity index (χ0n) is 12.3. The molecule has 0 bridgehead atoms. The zero-order chi connectivity index (χ0) is 15.2. The van der Waals surface area contributed by atoms with Crippen LogP contribution in [0.15, 0.2) is 24.3 Å². The number of amides is 1. The van der Waals surface area contributed by atoms with Gasteiger partial charge in [0.2, 0.25) is 0 Å². The Morgan fingerprint density at radius 3 is 2.62 bits per heavy atom. The van der Waals surface area contributed by atoms with Crippen LogP contribution in [0.2, 0.25) is 0 Å². The number of thiazole rings is 1. The molecule has 0 saturated carbocycles. The lowest BCUT2D eigenvalue weighted by molar-refractivity contribution is 0.0950. The minimum Gasteiger partial charge on any atom is -0.493 e. The van der Waals surface area contributed by atoms with Crippen molar-refractivity contribution in [1.82, 2.24) is 10.3 Å². The summed E-state index contributed by atoms with van der Waals surface area (Å²) in [6.45, 7) is 4.53. The van der Waals surface area contributed by atoms with Gasteiger partial charge in [-0.25, -0.2) is 4.98 Å². The maximum atomic E-state index is 12.0. The van der Waals surface area contributed by atoms with Crippen molar-refractivity contribution in [2.45, 2.75) is 13.8 Å². The molecular weight excluding hydrogens is 288 g/mol. The molecule has 0 atom stereocenters. The van der Waals surface area contributed by atoms with Crippen LogP contribution >= 0.6 is 11.3 Å². The lowest BCUT2D eigenvalue weighted by Crippen LogP contribution is -2.28. The largest absolute Gasteiger partial charge is 0.493 e. The second-order valence-corrected chi connectivity index (χ2v) is 5.61. The molecule has 1 amide bonds. The number of para-hydroxylation sites is 2. The molecule has 0 aliphatic carbocycles. The highest BCUT2D eigenvalue weighted by atomic mass is 32.1. The van der Waals surface area contributed by atoms with Gasteiger partial charge in [0, 0.05) is 0 Å². The van der Waals surface area contributed by atoms with Gasteiger partial charge in [0.25, 0.3) is 5.91 Å². The number of aromatic nitrogens is 1. The van der Waals surface area contributed by atoms with Crippen molar-refractivity contribution in [3.63, 3.8) is 0 Å². The van der Waals surface area contributed by atoms with E-state index in [1.54, 1.807) is 7.11 Å². The van der Waals surface area contributed by atoms with Crippen molar-refractivity contribution >= 4 is 17.2 Å². The average molecular weight is 306 g/mol. The lowest BCUT2D eigenvalue weighted by Gasteiger charge is -2.10. The van der Waals surface area contributed by atoms with Crippen LogP contribution in [-0.4, -0.2) is 31.2 Å². The Labute approximate surface area is 127 Å². The van der Waals surface area contributed by atoms with Crippen molar-refractivity contribution in [1.29, 1.82) is 0 Å². The monoisotopic (exact) mass is 306 g/mol. The third kappa shape index (κ3) is 3.95. The minimum atomic E-state index is -0.110. The van der Waals surface area contributed by atoms with Gasteiger partial charge < -0.3 is 14.8 Å². The van der Waals surface area contributed by atoms with Crippen LogP contribution in [0, 0.1) is 13.8 Å². The van der Waals surface area contributed by atoms with Crippen LogP contribution < -0.4 is 14.8 Å². The van der Waals surface area contributed by atoms with Gasteiger partial charge >= 0.3 is 0 Å². The Morgan fingerprint density at radius 1 is 1.29 bits per heavy atom. The number of rotatable bonds is 6. The van der Waals surface area contributed by atoms with Gasteiger partial charge in [0.15, 0.2) is 11.5 Å². The number of hydrogen-bond acceptors (Lipinski definition) is 5. The van der Waals surface area contributed by atoms with Gasteiger partial charge in [0.05, 0.1) is 24.4 Å². The standard InChI is InChI=1S/C15H18N2O3S/c1-10-14(21-11(2)17-10)15(18)16-8-9-20-13-7-5-4-6-12(13)19-3/h4-7H,8-9H2,1-3H3,(H,16,18). The molecule has 1 heterocycles. The molecule has 0 unspecified atom stereocenters.